The molecule has 0 radical (unpaired) electrons. The van der Waals surface area contributed by atoms with Crippen LogP contribution >= 0.6 is 11.3 Å². The molecule has 0 fully saturated rings. The van der Waals surface area contributed by atoms with E-state index in [4.69, 9.17) is 0 Å². The van der Waals surface area contributed by atoms with E-state index in [1.165, 1.54) is 9.75 Å². The van der Waals surface area contributed by atoms with Crippen LogP contribution in [0.2, 0.25) is 0 Å². The maximum Gasteiger partial charge on any atom is 0.269 e. The molecule has 0 aliphatic carbocycles. The van der Waals surface area contributed by atoms with Crippen molar-refractivity contribution < 1.29 is 4.79 Å². The molecule has 1 N–H and O–H groups in total. The van der Waals surface area contributed by atoms with E-state index in [1.54, 1.807) is 11.3 Å². The Morgan fingerprint density at radius 2 is 2.05 bits per heavy atom. The van der Waals surface area contributed by atoms with Crippen LogP contribution < -0.4 is 5.32 Å². The summed E-state index contributed by atoms with van der Waals surface area (Å²) in [7, 11) is 0. The van der Waals surface area contributed by atoms with Crippen molar-refractivity contribution >= 4 is 17.2 Å². The predicted molar refractivity (Wildman–Crippen MR) is 87.9 cm³/mol. The maximum atomic E-state index is 12.3. The third kappa shape index (κ3) is 3.53. The minimum Gasteiger partial charge on any atom is -0.351 e. The lowest BCUT2D eigenvalue weighted by atomic mass is 10.2. The first-order chi connectivity index (χ1) is 10.1. The lowest BCUT2D eigenvalue weighted by Crippen LogP contribution is -2.26. The highest BCUT2D eigenvalue weighted by Gasteiger charge is 2.17. The normalized spacial score (nSPS) is 10.9. The Kier molecular flexibility index (Phi) is 5.17. The second kappa shape index (κ2) is 6.89. The molecule has 0 saturated heterocycles. The van der Waals surface area contributed by atoms with Gasteiger partial charge in [0.15, 0.2) is 0 Å². The molecular formula is C16H23N3OS. The number of carbonyl (C=O) groups is 1. The summed E-state index contributed by atoms with van der Waals surface area (Å²) in [5.74, 6) is -0.0337. The summed E-state index contributed by atoms with van der Waals surface area (Å²) in [6, 6.07) is 4.06. The highest BCUT2D eigenvalue weighted by Crippen LogP contribution is 2.30. The topological polar surface area (TPSA) is 46.9 Å². The minimum absolute atomic E-state index is 0.0337. The average molecular weight is 305 g/mol. The van der Waals surface area contributed by atoms with Crippen molar-refractivity contribution in [2.24, 2.45) is 0 Å². The SMILES string of the molecule is CCCNC(=O)c1cc(-c2cc(C)sc2C)nn1CCC. The lowest BCUT2D eigenvalue weighted by Gasteiger charge is -2.05. The molecule has 5 heteroatoms. The van der Waals surface area contributed by atoms with Crippen LogP contribution in [0.4, 0.5) is 0 Å². The van der Waals surface area contributed by atoms with Gasteiger partial charge in [0.25, 0.3) is 5.91 Å². The fourth-order valence-corrected chi connectivity index (χ4v) is 3.26. The third-order valence-corrected chi connectivity index (χ3v) is 4.27. The summed E-state index contributed by atoms with van der Waals surface area (Å²) in [5.41, 5.74) is 2.69. The van der Waals surface area contributed by atoms with Crippen molar-refractivity contribution in [3.63, 3.8) is 0 Å². The summed E-state index contributed by atoms with van der Waals surface area (Å²) in [6.07, 6.45) is 1.89. The number of aromatic nitrogens is 2. The molecule has 0 bridgehead atoms. The smallest absolute Gasteiger partial charge is 0.269 e. The van der Waals surface area contributed by atoms with E-state index in [9.17, 15) is 4.79 Å². The molecule has 2 aromatic rings. The first kappa shape index (κ1) is 15.8. The van der Waals surface area contributed by atoms with Gasteiger partial charge in [-0.15, -0.1) is 11.3 Å². The maximum absolute atomic E-state index is 12.3. The van der Waals surface area contributed by atoms with Gasteiger partial charge in [0.1, 0.15) is 5.69 Å². The van der Waals surface area contributed by atoms with Crippen LogP contribution in [0.3, 0.4) is 0 Å². The Balaban J connectivity index is 2.36. The summed E-state index contributed by atoms with van der Waals surface area (Å²) >= 11 is 1.76. The predicted octanol–water partition coefficient (Wildman–Crippen LogP) is 3.78. The van der Waals surface area contributed by atoms with E-state index in [-0.39, 0.29) is 5.91 Å². The number of thiophene rings is 1. The van der Waals surface area contributed by atoms with Crippen LogP contribution in [0.15, 0.2) is 12.1 Å². The number of rotatable bonds is 6. The fraction of sp³-hybridized carbons (Fsp3) is 0.500. The monoisotopic (exact) mass is 305 g/mol. The van der Waals surface area contributed by atoms with Crippen molar-refractivity contribution in [2.45, 2.75) is 47.1 Å². The van der Waals surface area contributed by atoms with Crippen molar-refractivity contribution in [1.82, 2.24) is 15.1 Å². The first-order valence-electron chi connectivity index (χ1n) is 7.50. The Morgan fingerprint density at radius 1 is 1.29 bits per heavy atom. The molecule has 0 aromatic carbocycles. The van der Waals surface area contributed by atoms with Gasteiger partial charge in [-0.2, -0.15) is 5.10 Å². The fourth-order valence-electron chi connectivity index (χ4n) is 2.33. The molecule has 114 valence electrons. The molecule has 0 aliphatic rings. The standard InChI is InChI=1S/C16H23N3OS/c1-5-7-17-16(20)15-10-14(18-19(15)8-6-2)13-9-11(3)21-12(13)4/h9-10H,5-8H2,1-4H3,(H,17,20). The Bertz CT molecular complexity index is 628. The van der Waals surface area contributed by atoms with Crippen molar-refractivity contribution in [3.8, 4) is 11.3 Å². The molecular weight excluding hydrogens is 282 g/mol. The van der Waals surface area contributed by atoms with Crippen LogP contribution in [0.25, 0.3) is 11.3 Å². The molecule has 2 heterocycles. The summed E-state index contributed by atoms with van der Waals surface area (Å²) in [4.78, 5) is 14.8. The number of nitrogens with one attached hydrogen (secondary N) is 1. The third-order valence-electron chi connectivity index (χ3n) is 3.30. The van der Waals surface area contributed by atoms with Crippen LogP contribution in [0, 0.1) is 13.8 Å². The summed E-state index contributed by atoms with van der Waals surface area (Å²) in [6.45, 7) is 9.79. The molecule has 0 spiro atoms. The number of nitrogens with zero attached hydrogens (tertiary/aromatic N) is 2. The van der Waals surface area contributed by atoms with Crippen LogP contribution in [-0.4, -0.2) is 22.2 Å². The number of hydrogen-bond donors (Lipinski definition) is 1. The zero-order valence-corrected chi connectivity index (χ0v) is 14.0. The van der Waals surface area contributed by atoms with E-state index in [1.807, 2.05) is 17.7 Å². The molecule has 0 aliphatic heterocycles. The zero-order valence-electron chi connectivity index (χ0n) is 13.2. The van der Waals surface area contributed by atoms with E-state index < -0.39 is 0 Å². The Hall–Kier alpha value is -1.62. The van der Waals surface area contributed by atoms with E-state index >= 15 is 0 Å². The second-order valence-electron chi connectivity index (χ2n) is 5.22. The number of amides is 1. The van der Waals surface area contributed by atoms with E-state index in [2.05, 4.69) is 37.3 Å². The van der Waals surface area contributed by atoms with Gasteiger partial charge < -0.3 is 5.32 Å². The lowest BCUT2D eigenvalue weighted by molar-refractivity contribution is 0.0942. The molecule has 0 unspecified atom stereocenters. The number of aryl methyl sites for hydroxylation is 3. The first-order valence-corrected chi connectivity index (χ1v) is 8.31. The molecule has 2 rings (SSSR count). The van der Waals surface area contributed by atoms with Crippen LogP contribution in [-0.2, 0) is 6.54 Å². The van der Waals surface area contributed by atoms with Crippen molar-refractivity contribution in [2.75, 3.05) is 6.54 Å². The van der Waals surface area contributed by atoms with Crippen LogP contribution in [0.5, 0.6) is 0 Å². The van der Waals surface area contributed by atoms with Gasteiger partial charge in [-0.25, -0.2) is 0 Å². The largest absolute Gasteiger partial charge is 0.351 e. The average Bonchev–Trinajstić information content (AvgIpc) is 3.00. The highest BCUT2D eigenvalue weighted by atomic mass is 32.1. The van der Waals surface area contributed by atoms with Gasteiger partial charge in [-0.3, -0.25) is 9.48 Å². The van der Waals surface area contributed by atoms with Gasteiger partial charge in [-0.1, -0.05) is 13.8 Å². The van der Waals surface area contributed by atoms with Gasteiger partial charge in [0.2, 0.25) is 0 Å². The molecule has 0 atom stereocenters. The summed E-state index contributed by atoms with van der Waals surface area (Å²) in [5, 5.41) is 7.57. The molecule has 0 saturated carbocycles. The molecule has 2 aromatic heterocycles. The summed E-state index contributed by atoms with van der Waals surface area (Å²) < 4.78 is 1.83. The van der Waals surface area contributed by atoms with Crippen molar-refractivity contribution in [1.29, 1.82) is 0 Å². The quantitative estimate of drug-likeness (QED) is 0.883. The van der Waals surface area contributed by atoms with Gasteiger partial charge in [-0.05, 0) is 38.8 Å². The molecule has 1 amide bonds. The van der Waals surface area contributed by atoms with E-state index in [0.717, 1.165) is 30.6 Å². The highest BCUT2D eigenvalue weighted by molar-refractivity contribution is 7.12. The Morgan fingerprint density at radius 3 is 2.62 bits per heavy atom. The minimum atomic E-state index is -0.0337. The number of carbonyl (C=O) groups excluding carboxylic acids is 1. The Labute approximate surface area is 130 Å². The van der Waals surface area contributed by atoms with Crippen molar-refractivity contribution in [3.05, 3.63) is 27.6 Å². The number of hydrogen-bond acceptors (Lipinski definition) is 3. The van der Waals surface area contributed by atoms with E-state index in [0.29, 0.717) is 12.2 Å². The van der Waals surface area contributed by atoms with Gasteiger partial charge >= 0.3 is 0 Å². The van der Waals surface area contributed by atoms with Gasteiger partial charge in [0.05, 0.1) is 5.69 Å². The molecule has 21 heavy (non-hydrogen) atoms. The zero-order chi connectivity index (χ0) is 15.4. The van der Waals surface area contributed by atoms with Gasteiger partial charge in [0, 0.05) is 28.4 Å². The molecule has 4 nitrogen and oxygen atoms in total. The second-order valence-corrected chi connectivity index (χ2v) is 6.68. The van der Waals surface area contributed by atoms with Crippen LogP contribution in [0.1, 0.15) is 46.9 Å².